The van der Waals surface area contributed by atoms with Crippen LogP contribution in [0.15, 0.2) is 0 Å². The minimum Gasteiger partial charge on any atom is -0.346 e. The number of carbonyl (C=O) groups excluding carboxylic acids is 2. The first-order valence-corrected chi connectivity index (χ1v) is 18.0. The van der Waals surface area contributed by atoms with Gasteiger partial charge in [-0.3, -0.25) is 9.59 Å². The van der Waals surface area contributed by atoms with E-state index in [2.05, 4.69) is 26.1 Å². The number of rotatable bonds is 32. The van der Waals surface area contributed by atoms with Crippen LogP contribution in [0.3, 0.4) is 0 Å². The van der Waals surface area contributed by atoms with Crippen LogP contribution in [0.1, 0.15) is 213 Å². The van der Waals surface area contributed by atoms with Crippen LogP contribution in [0.25, 0.3) is 0 Å². The first-order chi connectivity index (χ1) is 19.2. The second-order valence-corrected chi connectivity index (χ2v) is 12.4. The Bertz CT molecular complexity index is 518. The monoisotopic (exact) mass is 550 g/mol. The fourth-order valence-corrected chi connectivity index (χ4v) is 5.66. The molecule has 0 radical (unpaired) electrons. The molecule has 232 valence electrons. The summed E-state index contributed by atoms with van der Waals surface area (Å²) < 4.78 is 0. The zero-order valence-electron chi connectivity index (χ0n) is 27.1. The highest BCUT2D eigenvalue weighted by Crippen LogP contribution is 2.15. The summed E-state index contributed by atoms with van der Waals surface area (Å²) in [7, 11) is 0. The maximum Gasteiger partial charge on any atom is 0.220 e. The van der Waals surface area contributed by atoms with Crippen molar-refractivity contribution in [2.45, 2.75) is 219 Å². The predicted octanol–water partition coefficient (Wildman–Crippen LogP) is 11.8. The molecule has 0 aliphatic rings. The van der Waals surface area contributed by atoms with Crippen LogP contribution < -0.4 is 5.32 Å². The lowest BCUT2D eigenvalue weighted by atomic mass is 10.00. The normalized spacial score (nSPS) is 12.1. The van der Waals surface area contributed by atoms with Crippen molar-refractivity contribution in [3.05, 3.63) is 0 Å². The maximum atomic E-state index is 12.7. The number of hydrogen-bond donors (Lipinski definition) is 1. The van der Waals surface area contributed by atoms with Crippen LogP contribution >= 0.6 is 0 Å². The second kappa shape index (κ2) is 31.7. The Morgan fingerprint density at radius 3 is 1.05 bits per heavy atom. The number of Topliss-reactive ketones (excluding diaryl/α,β-unsaturated/α-hetero) is 1. The van der Waals surface area contributed by atoms with Crippen molar-refractivity contribution in [2.75, 3.05) is 0 Å². The molecule has 1 atom stereocenters. The van der Waals surface area contributed by atoms with Crippen molar-refractivity contribution >= 4 is 11.7 Å². The van der Waals surface area contributed by atoms with Gasteiger partial charge in [-0.15, -0.1) is 0 Å². The van der Waals surface area contributed by atoms with Crippen LogP contribution in [-0.2, 0) is 9.59 Å². The van der Waals surface area contributed by atoms with Gasteiger partial charge in [0.15, 0.2) is 5.78 Å². The van der Waals surface area contributed by atoms with Crippen LogP contribution in [0, 0.1) is 0 Å². The molecule has 0 heterocycles. The highest BCUT2D eigenvalue weighted by atomic mass is 16.2. The van der Waals surface area contributed by atoms with Gasteiger partial charge >= 0.3 is 0 Å². The molecule has 39 heavy (non-hydrogen) atoms. The van der Waals surface area contributed by atoms with Gasteiger partial charge in [0.1, 0.15) is 0 Å². The fourth-order valence-electron chi connectivity index (χ4n) is 5.66. The third-order valence-corrected chi connectivity index (χ3v) is 8.34. The molecule has 1 amide bonds. The lowest BCUT2D eigenvalue weighted by Gasteiger charge is -2.17. The lowest BCUT2D eigenvalue weighted by molar-refractivity contribution is -0.128. The van der Waals surface area contributed by atoms with Gasteiger partial charge in [0.2, 0.25) is 5.91 Å². The summed E-state index contributed by atoms with van der Waals surface area (Å²) in [6.07, 6.45) is 37.2. The van der Waals surface area contributed by atoms with E-state index in [4.69, 9.17) is 0 Å². The van der Waals surface area contributed by atoms with Gasteiger partial charge in [-0.1, -0.05) is 181 Å². The standard InChI is InChI=1S/C36H71NO2/c1-4-7-9-11-13-15-17-19-21-23-25-27-29-32-35(38)34(31-6-3)37-36(39)33-30-28-26-24-22-20-18-16-14-12-10-8-5-2/h34H,4-33H2,1-3H3,(H,37,39). The van der Waals surface area contributed by atoms with Crippen LogP contribution in [0.5, 0.6) is 0 Å². The molecule has 0 aromatic carbocycles. The molecule has 1 N–H and O–H groups in total. The third-order valence-electron chi connectivity index (χ3n) is 8.34. The molecule has 0 fully saturated rings. The number of amides is 1. The second-order valence-electron chi connectivity index (χ2n) is 12.4. The fraction of sp³-hybridized carbons (Fsp3) is 0.944. The van der Waals surface area contributed by atoms with Gasteiger partial charge in [0, 0.05) is 12.8 Å². The molecule has 0 aromatic rings. The van der Waals surface area contributed by atoms with Crippen molar-refractivity contribution < 1.29 is 9.59 Å². The predicted molar refractivity (Wildman–Crippen MR) is 172 cm³/mol. The SMILES string of the molecule is CCCCCCCCCCCCCCCC(=O)NC(CCC)C(=O)CCCCCCCCCCCCCCC. The Morgan fingerprint density at radius 2 is 0.718 bits per heavy atom. The zero-order valence-corrected chi connectivity index (χ0v) is 27.1. The van der Waals surface area contributed by atoms with Gasteiger partial charge in [0.05, 0.1) is 6.04 Å². The molecule has 0 rings (SSSR count). The molecule has 0 spiro atoms. The van der Waals surface area contributed by atoms with E-state index in [1.165, 1.54) is 141 Å². The molecule has 3 heteroatoms. The largest absolute Gasteiger partial charge is 0.346 e. The molecule has 1 unspecified atom stereocenters. The van der Waals surface area contributed by atoms with Crippen LogP contribution in [-0.4, -0.2) is 17.7 Å². The first kappa shape index (κ1) is 38.1. The number of unbranched alkanes of at least 4 members (excludes halogenated alkanes) is 24. The van der Waals surface area contributed by atoms with Crippen LogP contribution in [0.2, 0.25) is 0 Å². The van der Waals surface area contributed by atoms with E-state index in [1.54, 1.807) is 0 Å². The Hall–Kier alpha value is -0.860. The maximum absolute atomic E-state index is 12.7. The Morgan fingerprint density at radius 1 is 0.410 bits per heavy atom. The number of hydrogen-bond acceptors (Lipinski definition) is 2. The highest BCUT2D eigenvalue weighted by molar-refractivity contribution is 5.88. The highest BCUT2D eigenvalue weighted by Gasteiger charge is 2.19. The Labute approximate surface area is 245 Å². The number of ketones is 1. The van der Waals surface area contributed by atoms with E-state index in [1.807, 2.05) is 0 Å². The molecule has 0 aliphatic heterocycles. The third kappa shape index (κ3) is 28.5. The van der Waals surface area contributed by atoms with E-state index in [0.717, 1.165) is 38.5 Å². The average Bonchev–Trinajstić information content (AvgIpc) is 2.93. The Kier molecular flexibility index (Phi) is 31.0. The average molecular weight is 550 g/mol. The Balaban J connectivity index is 3.67. The lowest BCUT2D eigenvalue weighted by Crippen LogP contribution is -2.40. The first-order valence-electron chi connectivity index (χ1n) is 18.0. The van der Waals surface area contributed by atoms with E-state index < -0.39 is 0 Å². The quantitative estimate of drug-likeness (QED) is 0.0848. The minimum atomic E-state index is -0.262. The number of carbonyl (C=O) groups is 2. The summed E-state index contributed by atoms with van der Waals surface area (Å²) in [6, 6.07) is -0.262. The van der Waals surface area contributed by atoms with Gasteiger partial charge in [0.25, 0.3) is 0 Å². The van der Waals surface area contributed by atoms with E-state index in [-0.39, 0.29) is 17.7 Å². The number of nitrogens with one attached hydrogen (secondary N) is 1. The van der Waals surface area contributed by atoms with Gasteiger partial charge in [-0.2, -0.15) is 0 Å². The molecule has 0 aromatic heterocycles. The van der Waals surface area contributed by atoms with Gasteiger partial charge < -0.3 is 5.32 Å². The summed E-state index contributed by atoms with van der Waals surface area (Å²) in [5.74, 6) is 0.328. The van der Waals surface area contributed by atoms with Crippen molar-refractivity contribution in [3.63, 3.8) is 0 Å². The topological polar surface area (TPSA) is 46.2 Å². The molecule has 0 saturated heterocycles. The van der Waals surface area contributed by atoms with Gasteiger partial charge in [-0.05, 0) is 19.3 Å². The van der Waals surface area contributed by atoms with Crippen LogP contribution in [0.4, 0.5) is 0 Å². The molecule has 3 nitrogen and oxygen atoms in total. The summed E-state index contributed by atoms with van der Waals surface area (Å²) >= 11 is 0. The van der Waals surface area contributed by atoms with E-state index >= 15 is 0 Å². The molecular weight excluding hydrogens is 478 g/mol. The minimum absolute atomic E-state index is 0.0789. The summed E-state index contributed by atoms with van der Waals surface area (Å²) in [4.78, 5) is 25.2. The molecular formula is C36H71NO2. The summed E-state index contributed by atoms with van der Waals surface area (Å²) in [5, 5.41) is 3.07. The van der Waals surface area contributed by atoms with Crippen molar-refractivity contribution in [1.29, 1.82) is 0 Å². The van der Waals surface area contributed by atoms with Crippen molar-refractivity contribution in [2.24, 2.45) is 0 Å². The van der Waals surface area contributed by atoms with E-state index in [0.29, 0.717) is 12.8 Å². The zero-order chi connectivity index (χ0) is 28.7. The van der Waals surface area contributed by atoms with Crippen molar-refractivity contribution in [1.82, 2.24) is 5.32 Å². The smallest absolute Gasteiger partial charge is 0.220 e. The summed E-state index contributed by atoms with van der Waals surface area (Å²) in [6.45, 7) is 6.65. The molecule has 0 saturated carbocycles. The van der Waals surface area contributed by atoms with Gasteiger partial charge in [-0.25, -0.2) is 0 Å². The summed E-state index contributed by atoms with van der Waals surface area (Å²) in [5.41, 5.74) is 0. The molecule has 0 aliphatic carbocycles. The van der Waals surface area contributed by atoms with E-state index in [9.17, 15) is 9.59 Å². The van der Waals surface area contributed by atoms with Crippen molar-refractivity contribution in [3.8, 4) is 0 Å². The molecule has 0 bridgehead atoms.